The molecule has 0 fully saturated rings. The predicted octanol–water partition coefficient (Wildman–Crippen LogP) is 2.91. The van der Waals surface area contributed by atoms with Crippen molar-refractivity contribution in [3.8, 4) is 0 Å². The first kappa shape index (κ1) is 11.1. The molecule has 0 spiro atoms. The van der Waals surface area contributed by atoms with Gasteiger partial charge in [0.05, 0.1) is 6.04 Å². The summed E-state index contributed by atoms with van der Waals surface area (Å²) < 4.78 is 1.23. The lowest BCUT2D eigenvalue weighted by Crippen LogP contribution is -2.29. The summed E-state index contributed by atoms with van der Waals surface area (Å²) in [7, 11) is 0. The summed E-state index contributed by atoms with van der Waals surface area (Å²) in [5, 5.41) is 4.18. The molecule has 0 bridgehead atoms. The molecule has 2 aromatic rings. The number of hydrazine groups is 1. The van der Waals surface area contributed by atoms with Crippen molar-refractivity contribution in [1.82, 2.24) is 5.43 Å². The van der Waals surface area contributed by atoms with Gasteiger partial charge < -0.3 is 0 Å². The van der Waals surface area contributed by atoms with Crippen LogP contribution in [-0.2, 0) is 0 Å². The van der Waals surface area contributed by atoms with Crippen LogP contribution in [0.1, 0.15) is 17.2 Å². The van der Waals surface area contributed by atoms with Gasteiger partial charge in [-0.15, -0.1) is 0 Å². The molecule has 0 saturated heterocycles. The van der Waals surface area contributed by atoms with Crippen LogP contribution in [0.3, 0.4) is 0 Å². The largest absolute Gasteiger partial charge is 0.271 e. The molecule has 0 amide bonds. The van der Waals surface area contributed by atoms with Crippen molar-refractivity contribution in [3.05, 3.63) is 55.8 Å². The summed E-state index contributed by atoms with van der Waals surface area (Å²) in [5.41, 5.74) is 5.30. The highest BCUT2D eigenvalue weighted by Crippen LogP contribution is 2.26. The molecule has 0 aliphatic heterocycles. The lowest BCUT2D eigenvalue weighted by atomic mass is 10.0. The molecule has 0 saturated carbocycles. The molecule has 0 aliphatic carbocycles. The van der Waals surface area contributed by atoms with Crippen LogP contribution in [0.4, 0.5) is 0 Å². The van der Waals surface area contributed by atoms with E-state index in [0.717, 1.165) is 0 Å². The van der Waals surface area contributed by atoms with Crippen molar-refractivity contribution in [2.75, 3.05) is 0 Å². The van der Waals surface area contributed by atoms with Gasteiger partial charge in [0.1, 0.15) is 0 Å². The van der Waals surface area contributed by atoms with Gasteiger partial charge in [0.25, 0.3) is 0 Å². The van der Waals surface area contributed by atoms with Crippen molar-refractivity contribution in [2.24, 2.45) is 5.84 Å². The summed E-state index contributed by atoms with van der Waals surface area (Å²) in [6.07, 6.45) is 0. The Balaban J connectivity index is 2.40. The minimum absolute atomic E-state index is 0.0874. The van der Waals surface area contributed by atoms with E-state index in [2.05, 4.69) is 57.0 Å². The number of thiophene rings is 1. The maximum atomic E-state index is 5.62. The minimum atomic E-state index is 0.0874. The molecule has 4 heteroatoms. The van der Waals surface area contributed by atoms with Crippen molar-refractivity contribution in [1.29, 1.82) is 0 Å². The van der Waals surface area contributed by atoms with E-state index < -0.39 is 0 Å². The van der Waals surface area contributed by atoms with Crippen molar-refractivity contribution in [2.45, 2.75) is 6.04 Å². The van der Waals surface area contributed by atoms with E-state index in [4.69, 9.17) is 5.84 Å². The first-order valence-corrected chi connectivity index (χ1v) is 6.57. The van der Waals surface area contributed by atoms with Crippen molar-refractivity contribution >= 4 is 33.9 Å². The average Bonchev–Trinajstić information content (AvgIpc) is 2.75. The highest BCUT2D eigenvalue weighted by Gasteiger charge is 2.14. The predicted molar refractivity (Wildman–Crippen MR) is 72.6 cm³/mol. The van der Waals surface area contributed by atoms with Crippen LogP contribution in [0.5, 0.6) is 0 Å². The van der Waals surface area contributed by atoms with Crippen LogP contribution < -0.4 is 11.3 Å². The van der Waals surface area contributed by atoms with E-state index in [-0.39, 0.29) is 6.04 Å². The van der Waals surface area contributed by atoms with E-state index in [1.54, 1.807) is 11.3 Å². The third-order valence-corrected chi connectivity index (χ3v) is 3.94. The summed E-state index contributed by atoms with van der Waals surface area (Å²) in [6.45, 7) is 0. The zero-order valence-corrected chi connectivity index (χ0v) is 11.0. The Kier molecular flexibility index (Phi) is 3.74. The second-order valence-electron chi connectivity index (χ2n) is 3.18. The molecule has 1 aromatic heterocycles. The van der Waals surface area contributed by atoms with Crippen LogP contribution in [0, 0.1) is 3.57 Å². The molecule has 2 nitrogen and oxygen atoms in total. The fourth-order valence-corrected chi connectivity index (χ4v) is 2.90. The first-order chi connectivity index (χ1) is 7.33. The molecule has 2 rings (SSSR count). The minimum Gasteiger partial charge on any atom is -0.271 e. The van der Waals surface area contributed by atoms with E-state index in [9.17, 15) is 0 Å². The SMILES string of the molecule is NNC(c1ccsc1)c1ccccc1I. The number of halogens is 1. The normalized spacial score (nSPS) is 12.7. The Morgan fingerprint density at radius 1 is 1.27 bits per heavy atom. The summed E-state index contributed by atoms with van der Waals surface area (Å²) in [5.74, 6) is 5.62. The molecule has 0 radical (unpaired) electrons. The molecule has 78 valence electrons. The van der Waals surface area contributed by atoms with Crippen molar-refractivity contribution < 1.29 is 0 Å². The number of hydrogen-bond acceptors (Lipinski definition) is 3. The topological polar surface area (TPSA) is 38.0 Å². The van der Waals surface area contributed by atoms with Crippen molar-refractivity contribution in [3.63, 3.8) is 0 Å². The van der Waals surface area contributed by atoms with Gasteiger partial charge in [-0.05, 0) is 56.6 Å². The van der Waals surface area contributed by atoms with E-state index in [1.165, 1.54) is 14.7 Å². The average molecular weight is 330 g/mol. The highest BCUT2D eigenvalue weighted by atomic mass is 127. The van der Waals surface area contributed by atoms with Gasteiger partial charge in [0, 0.05) is 3.57 Å². The molecule has 15 heavy (non-hydrogen) atoms. The van der Waals surface area contributed by atoms with Gasteiger partial charge >= 0.3 is 0 Å². The Morgan fingerprint density at radius 3 is 2.67 bits per heavy atom. The van der Waals surface area contributed by atoms with Gasteiger partial charge in [-0.3, -0.25) is 5.84 Å². The van der Waals surface area contributed by atoms with Crippen LogP contribution in [0.15, 0.2) is 41.1 Å². The van der Waals surface area contributed by atoms with Gasteiger partial charge in [-0.1, -0.05) is 18.2 Å². The van der Waals surface area contributed by atoms with Gasteiger partial charge in [-0.25, -0.2) is 5.43 Å². The van der Waals surface area contributed by atoms with Gasteiger partial charge in [-0.2, -0.15) is 11.3 Å². The zero-order valence-electron chi connectivity index (χ0n) is 7.98. The number of nitrogens with two attached hydrogens (primary N) is 1. The smallest absolute Gasteiger partial charge is 0.0728 e. The van der Waals surface area contributed by atoms with Gasteiger partial charge in [0.2, 0.25) is 0 Å². The van der Waals surface area contributed by atoms with Crippen LogP contribution in [0.2, 0.25) is 0 Å². The second kappa shape index (κ2) is 5.07. The molecule has 1 aromatic carbocycles. The van der Waals surface area contributed by atoms with Crippen LogP contribution >= 0.6 is 33.9 Å². The van der Waals surface area contributed by atoms with E-state index in [1.807, 2.05) is 12.1 Å². The Labute approximate surface area is 107 Å². The zero-order chi connectivity index (χ0) is 10.7. The standard InChI is InChI=1S/C11H11IN2S/c12-10-4-2-1-3-9(10)11(14-13)8-5-6-15-7-8/h1-7,11,14H,13H2. The molecule has 1 unspecified atom stereocenters. The van der Waals surface area contributed by atoms with Crippen LogP contribution in [0.25, 0.3) is 0 Å². The fraction of sp³-hybridized carbons (Fsp3) is 0.0909. The third-order valence-electron chi connectivity index (χ3n) is 2.26. The quantitative estimate of drug-likeness (QED) is 0.516. The molecule has 0 aliphatic rings. The van der Waals surface area contributed by atoms with E-state index >= 15 is 0 Å². The number of benzene rings is 1. The third kappa shape index (κ3) is 2.39. The van der Waals surface area contributed by atoms with Gasteiger partial charge in [0.15, 0.2) is 0 Å². The summed E-state index contributed by atoms with van der Waals surface area (Å²) in [6, 6.07) is 10.4. The number of hydrogen-bond donors (Lipinski definition) is 2. The lowest BCUT2D eigenvalue weighted by Gasteiger charge is -2.16. The maximum Gasteiger partial charge on any atom is 0.0728 e. The maximum absolute atomic E-state index is 5.62. The molecule has 1 heterocycles. The Morgan fingerprint density at radius 2 is 2.07 bits per heavy atom. The molecular weight excluding hydrogens is 319 g/mol. The fourth-order valence-electron chi connectivity index (χ4n) is 1.51. The number of rotatable bonds is 3. The van der Waals surface area contributed by atoms with Crippen LogP contribution in [-0.4, -0.2) is 0 Å². The monoisotopic (exact) mass is 330 g/mol. The molecule has 3 N–H and O–H groups in total. The first-order valence-electron chi connectivity index (χ1n) is 4.55. The number of nitrogens with one attached hydrogen (secondary N) is 1. The lowest BCUT2D eigenvalue weighted by molar-refractivity contribution is 0.636. The second-order valence-corrected chi connectivity index (χ2v) is 5.12. The summed E-state index contributed by atoms with van der Waals surface area (Å²) in [4.78, 5) is 0. The summed E-state index contributed by atoms with van der Waals surface area (Å²) >= 11 is 4.02. The molecule has 1 atom stereocenters. The van der Waals surface area contributed by atoms with E-state index in [0.29, 0.717) is 0 Å². The Hall–Kier alpha value is -0.430. The highest BCUT2D eigenvalue weighted by molar-refractivity contribution is 14.1. The molecular formula is C11H11IN2S. The Bertz CT molecular complexity index is 428.